The van der Waals surface area contributed by atoms with Gasteiger partial charge in [-0.1, -0.05) is 12.1 Å². The van der Waals surface area contributed by atoms with Crippen molar-refractivity contribution in [1.29, 1.82) is 0 Å². The minimum atomic E-state index is -0.800. The number of benzene rings is 1. The largest absolute Gasteiger partial charge is 0.481 e. The number of carboxylic acids is 1. The van der Waals surface area contributed by atoms with E-state index < -0.39 is 5.97 Å². The number of anilines is 1. The third kappa shape index (κ3) is 2.96. The number of carboxylic acid groups (broad SMARTS) is 1. The van der Waals surface area contributed by atoms with E-state index in [-0.39, 0.29) is 6.42 Å². The molecule has 5 nitrogen and oxygen atoms in total. The Morgan fingerprint density at radius 3 is 3.00 bits per heavy atom. The van der Waals surface area contributed by atoms with E-state index in [0.717, 1.165) is 30.2 Å². The molecule has 5 heteroatoms. The van der Waals surface area contributed by atoms with E-state index >= 15 is 0 Å². The van der Waals surface area contributed by atoms with Crippen LogP contribution in [0.4, 0.5) is 5.69 Å². The number of hydrogen-bond acceptors (Lipinski definition) is 4. The number of aliphatic imine (C=N–C) groups is 1. The van der Waals surface area contributed by atoms with Crippen molar-refractivity contribution in [3.05, 3.63) is 29.8 Å². The highest BCUT2D eigenvalue weighted by molar-refractivity contribution is 6.04. The van der Waals surface area contributed by atoms with E-state index in [2.05, 4.69) is 15.6 Å². The number of nitrogens with zero attached hydrogens (tertiary/aromatic N) is 1. The number of para-hydroxylation sites is 1. The molecule has 1 aromatic carbocycles. The second-order valence-corrected chi connectivity index (χ2v) is 3.77. The highest BCUT2D eigenvalue weighted by Gasteiger charge is 2.11. The summed E-state index contributed by atoms with van der Waals surface area (Å²) in [7, 11) is 0. The van der Waals surface area contributed by atoms with Crippen LogP contribution in [0.1, 0.15) is 12.0 Å². The molecule has 0 radical (unpaired) electrons. The van der Waals surface area contributed by atoms with Crippen molar-refractivity contribution < 1.29 is 9.90 Å². The van der Waals surface area contributed by atoms with Gasteiger partial charge in [0.15, 0.2) is 0 Å². The maximum absolute atomic E-state index is 10.5. The van der Waals surface area contributed by atoms with Crippen LogP contribution in [0.2, 0.25) is 0 Å². The number of rotatable bonds is 5. The van der Waals surface area contributed by atoms with Gasteiger partial charge in [-0.05, 0) is 12.1 Å². The van der Waals surface area contributed by atoms with Gasteiger partial charge < -0.3 is 15.7 Å². The van der Waals surface area contributed by atoms with Gasteiger partial charge in [0.1, 0.15) is 5.84 Å². The van der Waals surface area contributed by atoms with E-state index in [1.165, 1.54) is 0 Å². The van der Waals surface area contributed by atoms with Gasteiger partial charge in [-0.25, -0.2) is 0 Å². The van der Waals surface area contributed by atoms with Crippen molar-refractivity contribution in [3.63, 3.8) is 0 Å². The molecule has 0 unspecified atom stereocenters. The lowest BCUT2D eigenvalue weighted by molar-refractivity contribution is -0.136. The molecule has 2 rings (SSSR count). The van der Waals surface area contributed by atoms with Crippen molar-refractivity contribution in [2.24, 2.45) is 4.99 Å². The molecule has 1 aliphatic heterocycles. The van der Waals surface area contributed by atoms with Crippen LogP contribution >= 0.6 is 0 Å². The second-order valence-electron chi connectivity index (χ2n) is 3.77. The SMILES string of the molecule is O=C(O)CCNc1ccccc1C1=NCCN1. The monoisotopic (exact) mass is 233 g/mol. The summed E-state index contributed by atoms with van der Waals surface area (Å²) in [6.07, 6.45) is 0.105. The van der Waals surface area contributed by atoms with Crippen LogP contribution in [-0.4, -0.2) is 36.5 Å². The van der Waals surface area contributed by atoms with E-state index in [9.17, 15) is 4.79 Å². The number of carbonyl (C=O) groups is 1. The van der Waals surface area contributed by atoms with E-state index in [4.69, 9.17) is 5.11 Å². The Morgan fingerprint density at radius 1 is 1.47 bits per heavy atom. The van der Waals surface area contributed by atoms with Crippen LogP contribution < -0.4 is 10.6 Å². The Morgan fingerprint density at radius 2 is 2.29 bits per heavy atom. The standard InChI is InChI=1S/C12H15N3O2/c16-11(17)5-6-13-10-4-2-1-3-9(10)12-14-7-8-15-12/h1-4,13H,5-8H2,(H,14,15)(H,16,17). The fourth-order valence-electron chi connectivity index (χ4n) is 1.73. The van der Waals surface area contributed by atoms with Crippen molar-refractivity contribution in [1.82, 2.24) is 5.32 Å². The molecule has 0 aliphatic carbocycles. The summed E-state index contributed by atoms with van der Waals surface area (Å²) in [6.45, 7) is 2.07. The first-order valence-corrected chi connectivity index (χ1v) is 5.61. The Bertz CT molecular complexity index is 443. The van der Waals surface area contributed by atoms with Crippen LogP contribution in [0, 0.1) is 0 Å². The van der Waals surface area contributed by atoms with Crippen molar-refractivity contribution >= 4 is 17.5 Å². The summed E-state index contributed by atoms with van der Waals surface area (Å²) in [6, 6.07) is 7.77. The molecule has 0 saturated carbocycles. The van der Waals surface area contributed by atoms with Gasteiger partial charge in [0.25, 0.3) is 0 Å². The maximum Gasteiger partial charge on any atom is 0.305 e. The molecule has 0 saturated heterocycles. The summed E-state index contributed by atoms with van der Waals surface area (Å²) in [5.74, 6) is 0.0785. The van der Waals surface area contributed by atoms with Gasteiger partial charge in [-0.3, -0.25) is 9.79 Å². The lowest BCUT2D eigenvalue weighted by atomic mass is 10.1. The van der Waals surface area contributed by atoms with Crippen LogP contribution in [0.3, 0.4) is 0 Å². The molecule has 0 aromatic heterocycles. The summed E-state index contributed by atoms with van der Waals surface area (Å²) < 4.78 is 0. The molecule has 1 aliphatic rings. The molecule has 0 fully saturated rings. The Labute approximate surface area is 99.6 Å². The van der Waals surface area contributed by atoms with Gasteiger partial charge in [0.2, 0.25) is 0 Å². The topological polar surface area (TPSA) is 73.7 Å². The molecule has 1 heterocycles. The number of hydrogen-bond donors (Lipinski definition) is 3. The van der Waals surface area contributed by atoms with Crippen molar-refractivity contribution in [2.45, 2.75) is 6.42 Å². The van der Waals surface area contributed by atoms with Crippen LogP contribution in [-0.2, 0) is 4.79 Å². The average Bonchev–Trinajstić information content (AvgIpc) is 2.82. The number of nitrogens with one attached hydrogen (secondary N) is 2. The summed E-state index contributed by atoms with van der Waals surface area (Å²) >= 11 is 0. The Balaban J connectivity index is 2.08. The van der Waals surface area contributed by atoms with Crippen LogP contribution in [0.15, 0.2) is 29.3 Å². The highest BCUT2D eigenvalue weighted by atomic mass is 16.4. The van der Waals surface area contributed by atoms with Crippen LogP contribution in [0.25, 0.3) is 0 Å². The van der Waals surface area contributed by atoms with Gasteiger partial charge in [0.05, 0.1) is 13.0 Å². The number of aliphatic carboxylic acids is 1. The first kappa shape index (κ1) is 11.4. The first-order valence-electron chi connectivity index (χ1n) is 5.61. The molecule has 0 amide bonds. The molecule has 17 heavy (non-hydrogen) atoms. The molecule has 90 valence electrons. The lowest BCUT2D eigenvalue weighted by Crippen LogP contribution is -2.21. The molecule has 1 aromatic rings. The van der Waals surface area contributed by atoms with E-state index in [0.29, 0.717) is 6.54 Å². The third-order valence-corrected chi connectivity index (χ3v) is 2.51. The van der Waals surface area contributed by atoms with Crippen molar-refractivity contribution in [3.8, 4) is 0 Å². The van der Waals surface area contributed by atoms with Gasteiger partial charge >= 0.3 is 5.97 Å². The van der Waals surface area contributed by atoms with E-state index in [1.807, 2.05) is 24.3 Å². The summed E-state index contributed by atoms with van der Waals surface area (Å²) in [5.41, 5.74) is 1.91. The third-order valence-electron chi connectivity index (χ3n) is 2.51. The fraction of sp³-hybridized carbons (Fsp3) is 0.333. The first-order chi connectivity index (χ1) is 8.27. The Hall–Kier alpha value is -2.04. The number of amidine groups is 1. The zero-order valence-electron chi connectivity index (χ0n) is 9.44. The second kappa shape index (κ2) is 5.34. The molecular weight excluding hydrogens is 218 g/mol. The maximum atomic E-state index is 10.5. The van der Waals surface area contributed by atoms with Crippen molar-refractivity contribution in [2.75, 3.05) is 25.0 Å². The molecule has 0 spiro atoms. The molecular formula is C12H15N3O2. The van der Waals surface area contributed by atoms with Gasteiger partial charge in [-0.15, -0.1) is 0 Å². The predicted octanol–water partition coefficient (Wildman–Crippen LogP) is 0.923. The quantitative estimate of drug-likeness (QED) is 0.707. The van der Waals surface area contributed by atoms with Gasteiger partial charge in [0, 0.05) is 24.3 Å². The summed E-state index contributed by atoms with van der Waals surface area (Å²) in [4.78, 5) is 14.8. The normalized spacial score (nSPS) is 14.0. The molecule has 0 atom stereocenters. The smallest absolute Gasteiger partial charge is 0.305 e. The summed E-state index contributed by atoms with van der Waals surface area (Å²) in [5, 5.41) is 14.9. The average molecular weight is 233 g/mol. The minimum Gasteiger partial charge on any atom is -0.481 e. The lowest BCUT2D eigenvalue weighted by Gasteiger charge is -2.11. The Kier molecular flexibility index (Phi) is 3.59. The van der Waals surface area contributed by atoms with Crippen LogP contribution in [0.5, 0.6) is 0 Å². The molecule has 3 N–H and O–H groups in total. The zero-order valence-corrected chi connectivity index (χ0v) is 9.44. The minimum absolute atomic E-state index is 0.105. The van der Waals surface area contributed by atoms with Gasteiger partial charge in [-0.2, -0.15) is 0 Å². The predicted molar refractivity (Wildman–Crippen MR) is 66.6 cm³/mol. The fourth-order valence-corrected chi connectivity index (χ4v) is 1.73. The molecule has 0 bridgehead atoms. The van der Waals surface area contributed by atoms with E-state index in [1.54, 1.807) is 0 Å². The highest BCUT2D eigenvalue weighted by Crippen LogP contribution is 2.16. The zero-order chi connectivity index (χ0) is 12.1.